The van der Waals surface area contributed by atoms with Crippen LogP contribution in [0.25, 0.3) is 83.2 Å². The molecule has 2 aromatic heterocycles. The van der Waals surface area contributed by atoms with E-state index in [1.165, 1.54) is 81.9 Å². The first-order valence-electron chi connectivity index (χ1n) is 20.0. The standard InChI is InChI=1S/C51H40N4/c1-2-10-37(11-3-1)48-52-49(38-14-19-41(20-15-38)51-29-32-24-33(30-51)26-34(25-32)31-51)54-50(53-48)40-18-22-45-44(28-40)47-43-13-7-6-9-36(43)17-23-46(47)55(45)42-21-16-35-8-4-5-12-39(35)27-42/h1-23,27-28,32-34H,24-26,29-31H2. The van der Waals surface area contributed by atoms with Crippen LogP contribution in [0.5, 0.6) is 0 Å². The van der Waals surface area contributed by atoms with E-state index in [-0.39, 0.29) is 0 Å². The average Bonchev–Trinajstić information content (AvgIpc) is 3.57. The normalized spacial score (nSPS) is 21.6. The monoisotopic (exact) mass is 708 g/mol. The van der Waals surface area contributed by atoms with E-state index in [1.807, 2.05) is 6.07 Å². The molecule has 0 radical (unpaired) electrons. The summed E-state index contributed by atoms with van der Waals surface area (Å²) < 4.78 is 2.41. The summed E-state index contributed by atoms with van der Waals surface area (Å²) in [5, 5.41) is 7.35. The Hall–Kier alpha value is -6.13. The van der Waals surface area contributed by atoms with Gasteiger partial charge in [-0.3, -0.25) is 0 Å². The molecular weight excluding hydrogens is 669 g/mol. The van der Waals surface area contributed by atoms with Gasteiger partial charge in [0.2, 0.25) is 0 Å². The Morgan fingerprint density at radius 3 is 1.73 bits per heavy atom. The summed E-state index contributed by atoms with van der Waals surface area (Å²) in [6.07, 6.45) is 8.46. The van der Waals surface area contributed by atoms with Crippen LogP contribution in [-0.2, 0) is 5.41 Å². The molecule has 0 N–H and O–H groups in total. The van der Waals surface area contributed by atoms with Crippen molar-refractivity contribution in [3.05, 3.63) is 157 Å². The molecular formula is C51H40N4. The molecule has 13 rings (SSSR count). The Morgan fingerprint density at radius 2 is 1.00 bits per heavy atom. The van der Waals surface area contributed by atoms with Crippen molar-refractivity contribution in [2.45, 2.75) is 43.9 Å². The summed E-state index contributed by atoms with van der Waals surface area (Å²) in [4.78, 5) is 15.5. The van der Waals surface area contributed by atoms with Crippen LogP contribution in [-0.4, -0.2) is 19.5 Å². The third kappa shape index (κ3) is 5.00. The Kier molecular flexibility index (Phi) is 6.78. The Balaban J connectivity index is 1.02. The van der Waals surface area contributed by atoms with E-state index in [1.54, 1.807) is 0 Å². The molecule has 4 aliphatic rings. The van der Waals surface area contributed by atoms with E-state index < -0.39 is 0 Å². The smallest absolute Gasteiger partial charge is 0.164 e. The van der Waals surface area contributed by atoms with Crippen LogP contribution in [0.2, 0.25) is 0 Å². The van der Waals surface area contributed by atoms with Gasteiger partial charge in [0, 0.05) is 33.2 Å². The zero-order valence-corrected chi connectivity index (χ0v) is 30.7. The van der Waals surface area contributed by atoms with Crippen LogP contribution in [0.3, 0.4) is 0 Å². The number of fused-ring (bicyclic) bond motifs is 6. The van der Waals surface area contributed by atoms with Gasteiger partial charge in [-0.15, -0.1) is 0 Å². The minimum absolute atomic E-state index is 0.359. The molecule has 0 amide bonds. The maximum Gasteiger partial charge on any atom is 0.164 e. The molecule has 264 valence electrons. The predicted octanol–water partition coefficient (Wildman–Crippen LogP) is 12.7. The van der Waals surface area contributed by atoms with Gasteiger partial charge in [-0.25, -0.2) is 15.0 Å². The summed E-state index contributed by atoms with van der Waals surface area (Å²) in [5.74, 6) is 4.84. The highest BCUT2D eigenvalue weighted by molar-refractivity contribution is 6.22. The van der Waals surface area contributed by atoms with Crippen molar-refractivity contribution in [2.24, 2.45) is 17.8 Å². The molecule has 4 aliphatic carbocycles. The molecule has 0 aliphatic heterocycles. The van der Waals surface area contributed by atoms with Crippen LogP contribution in [0, 0.1) is 17.8 Å². The lowest BCUT2D eigenvalue weighted by Gasteiger charge is -2.57. The fraction of sp³-hybridized carbons (Fsp3) is 0.196. The van der Waals surface area contributed by atoms with E-state index in [2.05, 4.69) is 150 Å². The lowest BCUT2D eigenvalue weighted by atomic mass is 9.48. The maximum absolute atomic E-state index is 5.24. The van der Waals surface area contributed by atoms with Crippen molar-refractivity contribution < 1.29 is 0 Å². The van der Waals surface area contributed by atoms with Gasteiger partial charge >= 0.3 is 0 Å². The van der Waals surface area contributed by atoms with Crippen molar-refractivity contribution in [1.82, 2.24) is 19.5 Å². The van der Waals surface area contributed by atoms with Crippen molar-refractivity contribution >= 4 is 43.4 Å². The van der Waals surface area contributed by atoms with E-state index in [0.29, 0.717) is 22.9 Å². The lowest BCUT2D eigenvalue weighted by Crippen LogP contribution is -2.48. The quantitative estimate of drug-likeness (QED) is 0.179. The van der Waals surface area contributed by atoms with E-state index in [0.717, 1.165) is 45.6 Å². The van der Waals surface area contributed by atoms with Crippen molar-refractivity contribution in [1.29, 1.82) is 0 Å². The zero-order chi connectivity index (χ0) is 36.1. The molecule has 55 heavy (non-hydrogen) atoms. The predicted molar refractivity (Wildman–Crippen MR) is 225 cm³/mol. The maximum atomic E-state index is 5.24. The van der Waals surface area contributed by atoms with Gasteiger partial charge in [0.1, 0.15) is 0 Å². The fourth-order valence-electron chi connectivity index (χ4n) is 11.3. The van der Waals surface area contributed by atoms with Crippen molar-refractivity contribution in [3.8, 4) is 39.9 Å². The molecule has 9 aromatic rings. The van der Waals surface area contributed by atoms with Gasteiger partial charge in [0.05, 0.1) is 11.0 Å². The van der Waals surface area contributed by atoms with Crippen molar-refractivity contribution in [3.63, 3.8) is 0 Å². The second-order valence-corrected chi connectivity index (χ2v) is 16.7. The number of benzene rings is 7. The number of hydrogen-bond donors (Lipinski definition) is 0. The molecule has 4 heteroatoms. The topological polar surface area (TPSA) is 43.6 Å². The van der Waals surface area contributed by atoms with Gasteiger partial charge < -0.3 is 4.57 Å². The van der Waals surface area contributed by atoms with Crippen LogP contribution >= 0.6 is 0 Å². The average molecular weight is 709 g/mol. The minimum atomic E-state index is 0.359. The minimum Gasteiger partial charge on any atom is -0.309 e. The van der Waals surface area contributed by atoms with E-state index in [4.69, 9.17) is 15.0 Å². The van der Waals surface area contributed by atoms with Gasteiger partial charge in [-0.2, -0.15) is 0 Å². The highest BCUT2D eigenvalue weighted by Crippen LogP contribution is 2.60. The number of aromatic nitrogens is 4. The van der Waals surface area contributed by atoms with Gasteiger partial charge in [0.15, 0.2) is 17.5 Å². The van der Waals surface area contributed by atoms with Gasteiger partial charge in [-0.05, 0) is 125 Å². The molecule has 2 heterocycles. The number of nitrogens with zero attached hydrogens (tertiary/aromatic N) is 4. The highest BCUT2D eigenvalue weighted by Gasteiger charge is 2.51. The molecule has 0 saturated heterocycles. The molecule has 4 nitrogen and oxygen atoms in total. The van der Waals surface area contributed by atoms with Crippen LogP contribution in [0.1, 0.15) is 44.1 Å². The summed E-state index contributed by atoms with van der Waals surface area (Å²) in [6, 6.07) is 55.0. The second-order valence-electron chi connectivity index (χ2n) is 16.7. The molecule has 7 aromatic carbocycles. The molecule has 4 bridgehead atoms. The lowest BCUT2D eigenvalue weighted by molar-refractivity contribution is -0.00518. The number of hydrogen-bond acceptors (Lipinski definition) is 3. The van der Waals surface area contributed by atoms with Gasteiger partial charge in [0.25, 0.3) is 0 Å². The molecule has 0 spiro atoms. The molecule has 4 fully saturated rings. The van der Waals surface area contributed by atoms with E-state index >= 15 is 0 Å². The van der Waals surface area contributed by atoms with Crippen LogP contribution in [0.15, 0.2) is 152 Å². The first kappa shape index (κ1) is 31.2. The zero-order valence-electron chi connectivity index (χ0n) is 30.7. The Morgan fingerprint density at radius 1 is 0.436 bits per heavy atom. The number of rotatable bonds is 5. The molecule has 4 saturated carbocycles. The Bertz CT molecular complexity index is 2920. The second kappa shape index (κ2) is 11.9. The van der Waals surface area contributed by atoms with Crippen LogP contribution in [0.4, 0.5) is 0 Å². The molecule has 0 unspecified atom stereocenters. The summed E-state index contributed by atoms with van der Waals surface area (Å²) in [5.41, 5.74) is 8.36. The summed E-state index contributed by atoms with van der Waals surface area (Å²) in [7, 11) is 0. The largest absolute Gasteiger partial charge is 0.309 e. The SMILES string of the molecule is c1ccc(-c2nc(-c3ccc(C45CC6CC(CC(C6)C4)C5)cc3)nc(-c3ccc4c(c3)c3c5ccccc5ccc3n4-c3ccc4ccccc4c3)n2)cc1. The first-order chi connectivity index (χ1) is 27.1. The summed E-state index contributed by atoms with van der Waals surface area (Å²) in [6.45, 7) is 0. The third-order valence-corrected chi connectivity index (χ3v) is 13.4. The fourth-order valence-corrected chi connectivity index (χ4v) is 11.3. The van der Waals surface area contributed by atoms with E-state index in [9.17, 15) is 0 Å². The third-order valence-electron chi connectivity index (χ3n) is 13.4. The first-order valence-corrected chi connectivity index (χ1v) is 20.0. The van der Waals surface area contributed by atoms with Crippen molar-refractivity contribution in [2.75, 3.05) is 0 Å². The summed E-state index contributed by atoms with van der Waals surface area (Å²) >= 11 is 0. The highest BCUT2D eigenvalue weighted by atomic mass is 15.0. The van der Waals surface area contributed by atoms with Gasteiger partial charge in [-0.1, -0.05) is 115 Å². The molecule has 0 atom stereocenters. The van der Waals surface area contributed by atoms with Crippen LogP contribution < -0.4 is 0 Å². The Labute approximate surface area is 320 Å².